The summed E-state index contributed by atoms with van der Waals surface area (Å²) < 4.78 is 0. The molecule has 0 saturated heterocycles. The molecule has 0 amide bonds. The molecule has 3 heteroatoms. The summed E-state index contributed by atoms with van der Waals surface area (Å²) >= 11 is 0. The Morgan fingerprint density at radius 3 is 2.90 bits per heavy atom. The third-order valence-electron chi connectivity index (χ3n) is 1.31. The molecule has 1 N–H and O–H groups in total. The Bertz CT molecular complexity index is 188. The van der Waals surface area contributed by atoms with E-state index in [0.29, 0.717) is 12.1 Å². The summed E-state index contributed by atoms with van der Waals surface area (Å²) in [6, 6.07) is 0. The van der Waals surface area contributed by atoms with Crippen LogP contribution in [0.25, 0.3) is 0 Å². The van der Waals surface area contributed by atoms with Gasteiger partial charge in [0.25, 0.3) is 0 Å². The Morgan fingerprint density at radius 1 is 1.60 bits per heavy atom. The van der Waals surface area contributed by atoms with Crippen molar-refractivity contribution in [2.24, 2.45) is 0 Å². The number of aliphatic hydroxyl groups excluding tert-OH is 1. The van der Waals surface area contributed by atoms with Gasteiger partial charge in [0.15, 0.2) is 0 Å². The molecule has 3 nitrogen and oxygen atoms in total. The fourth-order valence-corrected chi connectivity index (χ4v) is 0.692. The number of aromatic nitrogens is 2. The highest BCUT2D eigenvalue weighted by Gasteiger charge is 2.03. The van der Waals surface area contributed by atoms with Crippen LogP contribution in [0.15, 0.2) is 18.6 Å². The Kier molecular flexibility index (Phi) is 2.34. The van der Waals surface area contributed by atoms with Gasteiger partial charge in [-0.05, 0) is 6.42 Å². The molecule has 0 bridgehead atoms. The summed E-state index contributed by atoms with van der Waals surface area (Å²) in [6.07, 6.45) is 4.96. The second kappa shape index (κ2) is 3.27. The molecule has 1 aromatic heterocycles. The maximum Gasteiger partial charge on any atom is 0.0972 e. The van der Waals surface area contributed by atoms with E-state index in [-0.39, 0.29) is 0 Å². The average molecular weight is 138 g/mol. The number of hydrogen-bond donors (Lipinski definition) is 1. The fourth-order valence-electron chi connectivity index (χ4n) is 0.692. The average Bonchev–Trinajstić information content (AvgIpc) is 2.05. The van der Waals surface area contributed by atoms with Crippen molar-refractivity contribution in [2.75, 3.05) is 0 Å². The van der Waals surface area contributed by atoms with Gasteiger partial charge in [0.1, 0.15) is 0 Å². The van der Waals surface area contributed by atoms with Crippen LogP contribution in [0.1, 0.15) is 25.1 Å². The third-order valence-corrected chi connectivity index (χ3v) is 1.31. The number of hydrogen-bond acceptors (Lipinski definition) is 3. The molecule has 1 heterocycles. The first-order valence-corrected chi connectivity index (χ1v) is 3.28. The predicted octanol–water partition coefficient (Wildman–Crippen LogP) is 0.920. The molecule has 0 aromatic carbocycles. The van der Waals surface area contributed by atoms with Crippen LogP contribution >= 0.6 is 0 Å². The van der Waals surface area contributed by atoms with E-state index in [4.69, 9.17) is 0 Å². The minimum atomic E-state index is -0.464. The van der Waals surface area contributed by atoms with Crippen LogP contribution in [-0.2, 0) is 0 Å². The van der Waals surface area contributed by atoms with Gasteiger partial charge in [-0.25, -0.2) is 0 Å². The molecule has 1 unspecified atom stereocenters. The standard InChI is InChI=1S/C7H10N2O/c1-2-7(10)6-5-8-3-4-9-6/h3-5,7,10H,2H2,1H3. The van der Waals surface area contributed by atoms with Crippen LogP contribution in [0.3, 0.4) is 0 Å². The highest BCUT2D eigenvalue weighted by atomic mass is 16.3. The number of aliphatic hydroxyl groups is 1. The van der Waals surface area contributed by atoms with E-state index in [2.05, 4.69) is 9.97 Å². The van der Waals surface area contributed by atoms with Crippen LogP contribution in [-0.4, -0.2) is 15.1 Å². The van der Waals surface area contributed by atoms with Gasteiger partial charge in [-0.2, -0.15) is 0 Å². The van der Waals surface area contributed by atoms with Crippen molar-refractivity contribution in [3.8, 4) is 0 Å². The van der Waals surface area contributed by atoms with E-state index in [9.17, 15) is 5.11 Å². The van der Waals surface area contributed by atoms with Gasteiger partial charge in [0, 0.05) is 12.4 Å². The number of rotatable bonds is 2. The summed E-state index contributed by atoms with van der Waals surface area (Å²) in [4.78, 5) is 7.77. The maximum atomic E-state index is 9.23. The molecule has 1 rings (SSSR count). The van der Waals surface area contributed by atoms with Gasteiger partial charge < -0.3 is 5.11 Å². The van der Waals surface area contributed by atoms with Gasteiger partial charge in [-0.3, -0.25) is 9.97 Å². The molecule has 0 aliphatic heterocycles. The molecular formula is C7H10N2O. The van der Waals surface area contributed by atoms with Crippen molar-refractivity contribution >= 4 is 0 Å². The van der Waals surface area contributed by atoms with E-state index in [1.54, 1.807) is 18.6 Å². The largest absolute Gasteiger partial charge is 0.387 e. The van der Waals surface area contributed by atoms with Gasteiger partial charge >= 0.3 is 0 Å². The molecule has 1 aromatic rings. The van der Waals surface area contributed by atoms with Gasteiger partial charge in [-0.1, -0.05) is 6.92 Å². The predicted molar refractivity (Wildman–Crippen MR) is 37.3 cm³/mol. The molecule has 0 aliphatic carbocycles. The quantitative estimate of drug-likeness (QED) is 0.661. The van der Waals surface area contributed by atoms with Gasteiger partial charge in [0.2, 0.25) is 0 Å². The van der Waals surface area contributed by atoms with E-state index in [0.717, 1.165) is 0 Å². The van der Waals surface area contributed by atoms with Crippen molar-refractivity contribution < 1.29 is 5.11 Å². The molecule has 10 heavy (non-hydrogen) atoms. The molecule has 0 fully saturated rings. The summed E-state index contributed by atoms with van der Waals surface area (Å²) in [6.45, 7) is 1.90. The molecule has 1 atom stereocenters. The Labute approximate surface area is 59.8 Å². The first-order valence-electron chi connectivity index (χ1n) is 3.28. The van der Waals surface area contributed by atoms with Crippen LogP contribution in [0.5, 0.6) is 0 Å². The van der Waals surface area contributed by atoms with Crippen molar-refractivity contribution in [3.63, 3.8) is 0 Å². The lowest BCUT2D eigenvalue weighted by Gasteiger charge is -2.03. The second-order valence-corrected chi connectivity index (χ2v) is 2.05. The highest BCUT2D eigenvalue weighted by molar-refractivity contribution is 4.98. The normalized spacial score (nSPS) is 13.0. The highest BCUT2D eigenvalue weighted by Crippen LogP contribution is 2.10. The van der Waals surface area contributed by atoms with E-state index >= 15 is 0 Å². The first-order chi connectivity index (χ1) is 4.84. The summed E-state index contributed by atoms with van der Waals surface area (Å²) in [5, 5.41) is 9.23. The second-order valence-electron chi connectivity index (χ2n) is 2.05. The first kappa shape index (κ1) is 7.15. The lowest BCUT2D eigenvalue weighted by molar-refractivity contribution is 0.168. The minimum absolute atomic E-state index is 0.464. The van der Waals surface area contributed by atoms with E-state index < -0.39 is 6.10 Å². The van der Waals surface area contributed by atoms with Crippen LogP contribution < -0.4 is 0 Å². The minimum Gasteiger partial charge on any atom is -0.387 e. The lowest BCUT2D eigenvalue weighted by atomic mass is 10.2. The summed E-state index contributed by atoms with van der Waals surface area (Å²) in [5.74, 6) is 0. The third kappa shape index (κ3) is 1.51. The van der Waals surface area contributed by atoms with Crippen LogP contribution in [0.2, 0.25) is 0 Å². The van der Waals surface area contributed by atoms with E-state index in [1.165, 1.54) is 0 Å². The zero-order valence-electron chi connectivity index (χ0n) is 5.86. The molecular weight excluding hydrogens is 128 g/mol. The fraction of sp³-hybridized carbons (Fsp3) is 0.429. The molecule has 0 aliphatic rings. The maximum absolute atomic E-state index is 9.23. The monoisotopic (exact) mass is 138 g/mol. The summed E-state index contributed by atoms with van der Waals surface area (Å²) in [7, 11) is 0. The zero-order chi connectivity index (χ0) is 7.40. The lowest BCUT2D eigenvalue weighted by Crippen LogP contribution is -1.98. The summed E-state index contributed by atoms with van der Waals surface area (Å²) in [5.41, 5.74) is 0.644. The Hall–Kier alpha value is -0.960. The molecule has 0 saturated carbocycles. The van der Waals surface area contributed by atoms with Crippen LogP contribution in [0, 0.1) is 0 Å². The zero-order valence-corrected chi connectivity index (χ0v) is 5.86. The van der Waals surface area contributed by atoms with Crippen molar-refractivity contribution in [1.29, 1.82) is 0 Å². The van der Waals surface area contributed by atoms with E-state index in [1.807, 2.05) is 6.92 Å². The Balaban J connectivity index is 2.75. The molecule has 0 radical (unpaired) electrons. The Morgan fingerprint density at radius 2 is 2.40 bits per heavy atom. The van der Waals surface area contributed by atoms with Crippen molar-refractivity contribution in [1.82, 2.24) is 9.97 Å². The van der Waals surface area contributed by atoms with Gasteiger partial charge in [-0.15, -0.1) is 0 Å². The topological polar surface area (TPSA) is 46.0 Å². The SMILES string of the molecule is CCC(O)c1cnccn1. The smallest absolute Gasteiger partial charge is 0.0972 e. The van der Waals surface area contributed by atoms with Crippen LogP contribution in [0.4, 0.5) is 0 Å². The number of nitrogens with zero attached hydrogens (tertiary/aromatic N) is 2. The van der Waals surface area contributed by atoms with Crippen molar-refractivity contribution in [3.05, 3.63) is 24.3 Å². The molecule has 54 valence electrons. The molecule has 0 spiro atoms. The van der Waals surface area contributed by atoms with Crippen molar-refractivity contribution in [2.45, 2.75) is 19.4 Å². The van der Waals surface area contributed by atoms with Gasteiger partial charge in [0.05, 0.1) is 18.0 Å².